The first-order chi connectivity index (χ1) is 17.4. The molecule has 0 aromatic carbocycles. The van der Waals surface area contributed by atoms with Gasteiger partial charge in [-0.05, 0) is 44.1 Å². The lowest BCUT2D eigenvalue weighted by Gasteiger charge is -2.26. The van der Waals surface area contributed by atoms with Gasteiger partial charge in [0.1, 0.15) is 18.1 Å². The maximum Gasteiger partial charge on any atom is 0.326 e. The van der Waals surface area contributed by atoms with Gasteiger partial charge >= 0.3 is 5.97 Å². The van der Waals surface area contributed by atoms with Gasteiger partial charge < -0.3 is 32.1 Å². The Labute approximate surface area is 220 Å². The van der Waals surface area contributed by atoms with Gasteiger partial charge in [0, 0.05) is 18.2 Å². The number of amides is 4. The summed E-state index contributed by atoms with van der Waals surface area (Å²) in [5, 5.41) is 22.2. The maximum atomic E-state index is 13.2. The normalized spacial score (nSPS) is 17.9. The van der Waals surface area contributed by atoms with E-state index < -0.39 is 47.9 Å². The van der Waals surface area contributed by atoms with E-state index in [9.17, 15) is 29.1 Å². The Balaban J connectivity index is 2.17. The van der Waals surface area contributed by atoms with Crippen LogP contribution in [0.3, 0.4) is 0 Å². The first-order valence-corrected chi connectivity index (χ1v) is 13.3. The van der Waals surface area contributed by atoms with Gasteiger partial charge in [0.25, 0.3) is 0 Å². The van der Waals surface area contributed by atoms with Crippen LogP contribution in [0.1, 0.15) is 65.0 Å². The SMILES string of the molecule is CC(C)(C)CCC(NC(=O)C(Cc1cscn1)NC(=O)C(CCC(N)=O)NC(=O)[C@@H]1CCCN1)C(=O)O. The predicted molar refractivity (Wildman–Crippen MR) is 137 cm³/mol. The molecule has 13 heteroatoms. The van der Waals surface area contributed by atoms with Crippen molar-refractivity contribution in [2.75, 3.05) is 6.54 Å². The van der Waals surface area contributed by atoms with Crippen LogP contribution in [0.25, 0.3) is 0 Å². The quantitative estimate of drug-likeness (QED) is 0.191. The van der Waals surface area contributed by atoms with Gasteiger partial charge in [-0.25, -0.2) is 9.78 Å². The number of carbonyl (C=O) groups is 5. The second kappa shape index (κ2) is 14.0. The molecule has 3 unspecified atom stereocenters. The molecule has 1 aromatic heterocycles. The molecule has 1 aliphatic heterocycles. The zero-order valence-electron chi connectivity index (χ0n) is 21.5. The second-order valence-electron chi connectivity index (χ2n) is 10.5. The topological polar surface area (TPSA) is 193 Å². The summed E-state index contributed by atoms with van der Waals surface area (Å²) in [5.41, 5.74) is 7.25. The molecule has 1 aromatic rings. The third-order valence-corrected chi connectivity index (χ3v) is 6.65. The second-order valence-corrected chi connectivity index (χ2v) is 11.2. The molecule has 2 heterocycles. The molecule has 2 rings (SSSR count). The van der Waals surface area contributed by atoms with Crippen molar-refractivity contribution in [1.82, 2.24) is 26.3 Å². The summed E-state index contributed by atoms with van der Waals surface area (Å²) < 4.78 is 0. The van der Waals surface area contributed by atoms with Crippen molar-refractivity contribution in [2.45, 2.75) is 89.9 Å². The molecular formula is C24H38N6O6S. The lowest BCUT2D eigenvalue weighted by atomic mass is 9.88. The molecule has 0 radical (unpaired) electrons. The largest absolute Gasteiger partial charge is 0.480 e. The summed E-state index contributed by atoms with van der Waals surface area (Å²) in [7, 11) is 0. The average Bonchev–Trinajstić information content (AvgIpc) is 3.52. The van der Waals surface area contributed by atoms with Crippen molar-refractivity contribution in [3.8, 4) is 0 Å². The Morgan fingerprint density at radius 1 is 1.11 bits per heavy atom. The number of hydrogen-bond acceptors (Lipinski definition) is 8. The van der Waals surface area contributed by atoms with Gasteiger partial charge in [0.05, 0.1) is 17.2 Å². The number of rotatable bonds is 14. The number of thiazole rings is 1. The Kier molecular flexibility index (Phi) is 11.4. The third kappa shape index (κ3) is 10.8. The summed E-state index contributed by atoms with van der Waals surface area (Å²) in [6.07, 6.45) is 2.05. The van der Waals surface area contributed by atoms with E-state index in [4.69, 9.17) is 5.73 Å². The van der Waals surface area contributed by atoms with Crippen LogP contribution in [0.2, 0.25) is 0 Å². The van der Waals surface area contributed by atoms with Crippen LogP contribution >= 0.6 is 11.3 Å². The zero-order chi connectivity index (χ0) is 27.6. The van der Waals surface area contributed by atoms with Crippen LogP contribution < -0.4 is 27.0 Å². The van der Waals surface area contributed by atoms with Crippen LogP contribution in [-0.4, -0.2) is 70.4 Å². The van der Waals surface area contributed by atoms with Crippen molar-refractivity contribution in [2.24, 2.45) is 11.1 Å². The molecule has 0 aliphatic carbocycles. The number of primary amides is 1. The first-order valence-electron chi connectivity index (χ1n) is 12.4. The lowest BCUT2D eigenvalue weighted by Crippen LogP contribution is -2.57. The number of carboxylic acids is 1. The number of nitrogens with one attached hydrogen (secondary N) is 4. The molecule has 0 saturated carbocycles. The summed E-state index contributed by atoms with van der Waals surface area (Å²) in [4.78, 5) is 66.4. The smallest absolute Gasteiger partial charge is 0.326 e. The Morgan fingerprint density at radius 3 is 2.32 bits per heavy atom. The molecule has 0 bridgehead atoms. The molecule has 12 nitrogen and oxygen atoms in total. The lowest BCUT2D eigenvalue weighted by molar-refractivity contribution is -0.142. The zero-order valence-corrected chi connectivity index (χ0v) is 22.4. The predicted octanol–water partition coefficient (Wildman–Crippen LogP) is 0.0684. The summed E-state index contributed by atoms with van der Waals surface area (Å²) in [6.45, 7) is 6.61. The molecule has 37 heavy (non-hydrogen) atoms. The van der Waals surface area contributed by atoms with Crippen LogP contribution in [0.4, 0.5) is 0 Å². The number of aliphatic carboxylic acids is 1. The molecule has 1 aliphatic rings. The highest BCUT2D eigenvalue weighted by Crippen LogP contribution is 2.21. The molecular weight excluding hydrogens is 500 g/mol. The fraction of sp³-hybridized carbons (Fsp3) is 0.667. The molecule has 0 spiro atoms. The number of carboxylic acid groups (broad SMARTS) is 1. The van der Waals surface area contributed by atoms with Crippen LogP contribution in [0.5, 0.6) is 0 Å². The minimum atomic E-state index is -1.17. The molecule has 7 N–H and O–H groups in total. The van der Waals surface area contributed by atoms with Crippen molar-refractivity contribution >= 4 is 40.9 Å². The van der Waals surface area contributed by atoms with Crippen LogP contribution in [0.15, 0.2) is 10.9 Å². The van der Waals surface area contributed by atoms with E-state index >= 15 is 0 Å². The third-order valence-electron chi connectivity index (χ3n) is 6.02. The number of carbonyl (C=O) groups excluding carboxylic acids is 4. The highest BCUT2D eigenvalue weighted by Gasteiger charge is 2.32. The number of hydrogen-bond donors (Lipinski definition) is 6. The summed E-state index contributed by atoms with van der Waals surface area (Å²) in [6, 6.07) is -3.84. The van der Waals surface area contributed by atoms with Gasteiger partial charge in [-0.2, -0.15) is 0 Å². The standard InChI is InChI=1S/C24H38N6O6S/c1-24(2,3)9-8-17(23(35)36)29-22(34)18(11-14-12-37-13-27-14)30-21(33)16(6-7-19(25)31)28-20(32)15-5-4-10-26-15/h12-13,15-18,26H,4-11H2,1-3H3,(H2,25,31)(H,28,32)(H,29,34)(H,30,33)(H,35,36)/t15-,16?,17?,18?/m0/s1. The van der Waals surface area contributed by atoms with E-state index in [1.807, 2.05) is 20.8 Å². The van der Waals surface area contributed by atoms with E-state index in [1.165, 1.54) is 11.3 Å². The Morgan fingerprint density at radius 2 is 1.78 bits per heavy atom. The number of aromatic nitrogens is 1. The fourth-order valence-electron chi connectivity index (χ4n) is 3.87. The average molecular weight is 539 g/mol. The number of nitrogens with zero attached hydrogens (tertiary/aromatic N) is 1. The van der Waals surface area contributed by atoms with Crippen molar-refractivity contribution in [1.29, 1.82) is 0 Å². The Hall–Kier alpha value is -3.06. The summed E-state index contributed by atoms with van der Waals surface area (Å²) >= 11 is 1.32. The van der Waals surface area contributed by atoms with Gasteiger partial charge in [-0.1, -0.05) is 20.8 Å². The Bertz CT molecular complexity index is 942. The van der Waals surface area contributed by atoms with Gasteiger partial charge in [-0.3, -0.25) is 19.2 Å². The first kappa shape index (κ1) is 30.2. The van der Waals surface area contributed by atoms with E-state index in [0.717, 1.165) is 6.42 Å². The molecule has 4 atom stereocenters. The molecule has 206 valence electrons. The highest BCUT2D eigenvalue weighted by molar-refractivity contribution is 7.07. The van der Waals surface area contributed by atoms with E-state index in [-0.39, 0.29) is 37.0 Å². The minimum absolute atomic E-state index is 0.0212. The van der Waals surface area contributed by atoms with E-state index in [0.29, 0.717) is 25.1 Å². The summed E-state index contributed by atoms with van der Waals surface area (Å²) in [5.74, 6) is -3.54. The fourth-order valence-corrected chi connectivity index (χ4v) is 4.44. The monoisotopic (exact) mass is 538 g/mol. The van der Waals surface area contributed by atoms with Crippen molar-refractivity contribution < 1.29 is 29.1 Å². The highest BCUT2D eigenvalue weighted by atomic mass is 32.1. The van der Waals surface area contributed by atoms with Gasteiger partial charge in [-0.15, -0.1) is 11.3 Å². The van der Waals surface area contributed by atoms with E-state index in [2.05, 4.69) is 26.3 Å². The van der Waals surface area contributed by atoms with Gasteiger partial charge in [0.15, 0.2) is 0 Å². The van der Waals surface area contributed by atoms with Gasteiger partial charge in [0.2, 0.25) is 23.6 Å². The molecule has 1 saturated heterocycles. The van der Waals surface area contributed by atoms with Crippen molar-refractivity contribution in [3.05, 3.63) is 16.6 Å². The molecule has 1 fully saturated rings. The number of nitrogens with two attached hydrogens (primary N) is 1. The van der Waals surface area contributed by atoms with E-state index in [1.54, 1.807) is 10.9 Å². The van der Waals surface area contributed by atoms with Crippen LogP contribution in [0, 0.1) is 5.41 Å². The van der Waals surface area contributed by atoms with Crippen molar-refractivity contribution in [3.63, 3.8) is 0 Å². The molecule has 4 amide bonds. The van der Waals surface area contributed by atoms with Crippen LogP contribution in [-0.2, 0) is 30.4 Å². The maximum absolute atomic E-state index is 13.2. The minimum Gasteiger partial charge on any atom is -0.480 e.